The number of rotatable bonds is 8. The van der Waals surface area contributed by atoms with E-state index in [2.05, 4.69) is 15.6 Å². The van der Waals surface area contributed by atoms with E-state index in [1.54, 1.807) is 30.5 Å². The van der Waals surface area contributed by atoms with Gasteiger partial charge in [-0.25, -0.2) is 14.8 Å². The summed E-state index contributed by atoms with van der Waals surface area (Å²) in [6, 6.07) is 13.7. The van der Waals surface area contributed by atoms with Gasteiger partial charge in [0.05, 0.1) is 11.3 Å². The van der Waals surface area contributed by atoms with Crippen LogP contribution in [0.1, 0.15) is 20.7 Å². The van der Waals surface area contributed by atoms with Crippen LogP contribution in [0.2, 0.25) is 0 Å². The zero-order chi connectivity index (χ0) is 23.4. The minimum atomic E-state index is -0.979. The average Bonchev–Trinajstić information content (AvgIpc) is 3.28. The Morgan fingerprint density at radius 1 is 1.03 bits per heavy atom. The van der Waals surface area contributed by atoms with E-state index in [1.807, 2.05) is 47.9 Å². The van der Waals surface area contributed by atoms with E-state index in [1.165, 1.54) is 12.1 Å². The standard InChI is InChI=1S/C24H24N6O3/c1-29(2)13-11-26-23(31)17-5-3-16(4-6-17)20-15-30-14-12-25-22(30)21(28-20)27-19-9-7-18(8-10-19)24(32)33/h3-10,12,14-15H,11,13H2,1-2H3,(H,26,31)(H,27,28)(H,32,33). The predicted octanol–water partition coefficient (Wildman–Crippen LogP) is 3.13. The third-order valence-electron chi connectivity index (χ3n) is 5.06. The van der Waals surface area contributed by atoms with Gasteiger partial charge in [-0.05, 0) is 50.5 Å². The number of hydrogen-bond donors (Lipinski definition) is 3. The summed E-state index contributed by atoms with van der Waals surface area (Å²) in [6.45, 7) is 1.35. The Balaban J connectivity index is 1.57. The van der Waals surface area contributed by atoms with Crippen molar-refractivity contribution in [3.8, 4) is 11.3 Å². The number of aromatic nitrogens is 3. The van der Waals surface area contributed by atoms with E-state index < -0.39 is 5.97 Å². The van der Waals surface area contributed by atoms with Gasteiger partial charge < -0.3 is 25.0 Å². The van der Waals surface area contributed by atoms with Crippen LogP contribution >= 0.6 is 0 Å². The summed E-state index contributed by atoms with van der Waals surface area (Å²) in [5.74, 6) is -0.563. The first-order valence-electron chi connectivity index (χ1n) is 10.4. The Hall–Kier alpha value is -4.24. The fraction of sp³-hybridized carbons (Fsp3) is 0.167. The lowest BCUT2D eigenvalue weighted by Crippen LogP contribution is -2.31. The molecule has 168 valence electrons. The monoisotopic (exact) mass is 444 g/mol. The molecule has 0 aliphatic heterocycles. The molecule has 3 N–H and O–H groups in total. The molecule has 0 radical (unpaired) electrons. The van der Waals surface area contributed by atoms with Crippen molar-refractivity contribution in [1.82, 2.24) is 24.6 Å². The minimum absolute atomic E-state index is 0.117. The number of nitrogens with zero attached hydrogens (tertiary/aromatic N) is 4. The van der Waals surface area contributed by atoms with Crippen LogP contribution in [0.4, 0.5) is 11.5 Å². The molecule has 0 spiro atoms. The number of nitrogens with one attached hydrogen (secondary N) is 2. The van der Waals surface area contributed by atoms with Crippen LogP contribution in [0.3, 0.4) is 0 Å². The molecule has 0 aliphatic rings. The Labute approximate surface area is 190 Å². The van der Waals surface area contributed by atoms with Gasteiger partial charge in [-0.2, -0.15) is 0 Å². The SMILES string of the molecule is CN(C)CCNC(=O)c1ccc(-c2cn3ccnc3c(Nc3ccc(C(=O)O)cc3)n2)cc1. The molecule has 0 unspecified atom stereocenters. The van der Waals surface area contributed by atoms with E-state index in [0.29, 0.717) is 35.0 Å². The molecule has 1 amide bonds. The van der Waals surface area contributed by atoms with Gasteiger partial charge in [0.25, 0.3) is 5.91 Å². The number of carbonyl (C=O) groups excluding carboxylic acids is 1. The Morgan fingerprint density at radius 2 is 1.73 bits per heavy atom. The number of carboxylic acid groups (broad SMARTS) is 1. The molecular weight excluding hydrogens is 420 g/mol. The number of aromatic carboxylic acids is 1. The van der Waals surface area contributed by atoms with Crippen LogP contribution in [0.25, 0.3) is 16.9 Å². The maximum absolute atomic E-state index is 12.3. The van der Waals surface area contributed by atoms with E-state index >= 15 is 0 Å². The zero-order valence-corrected chi connectivity index (χ0v) is 18.3. The van der Waals surface area contributed by atoms with Gasteiger partial charge in [-0.3, -0.25) is 4.79 Å². The molecule has 0 aliphatic carbocycles. The average molecular weight is 444 g/mol. The number of carboxylic acids is 1. The minimum Gasteiger partial charge on any atom is -0.478 e. The van der Waals surface area contributed by atoms with Crippen LogP contribution in [-0.4, -0.2) is 63.4 Å². The van der Waals surface area contributed by atoms with E-state index in [-0.39, 0.29) is 11.5 Å². The number of carbonyl (C=O) groups is 2. The van der Waals surface area contributed by atoms with Crippen molar-refractivity contribution in [2.24, 2.45) is 0 Å². The normalized spacial score (nSPS) is 11.0. The number of benzene rings is 2. The molecule has 2 heterocycles. The molecule has 0 saturated heterocycles. The molecule has 33 heavy (non-hydrogen) atoms. The number of amides is 1. The lowest BCUT2D eigenvalue weighted by molar-refractivity contribution is 0.0696. The number of anilines is 2. The topological polar surface area (TPSA) is 112 Å². The summed E-state index contributed by atoms with van der Waals surface area (Å²) >= 11 is 0. The number of hydrogen-bond acceptors (Lipinski definition) is 6. The summed E-state index contributed by atoms with van der Waals surface area (Å²) in [7, 11) is 3.92. The second-order valence-corrected chi connectivity index (χ2v) is 7.78. The maximum Gasteiger partial charge on any atom is 0.335 e. The Kier molecular flexibility index (Phi) is 6.32. The quantitative estimate of drug-likeness (QED) is 0.383. The second kappa shape index (κ2) is 9.49. The van der Waals surface area contributed by atoms with Gasteiger partial charge in [0.15, 0.2) is 11.5 Å². The Morgan fingerprint density at radius 3 is 2.39 bits per heavy atom. The maximum atomic E-state index is 12.3. The van der Waals surface area contributed by atoms with Crippen molar-refractivity contribution in [3.63, 3.8) is 0 Å². The van der Waals surface area contributed by atoms with Crippen molar-refractivity contribution in [1.29, 1.82) is 0 Å². The predicted molar refractivity (Wildman–Crippen MR) is 126 cm³/mol. The molecule has 4 rings (SSSR count). The van der Waals surface area contributed by atoms with Crippen LogP contribution in [0.15, 0.2) is 67.1 Å². The molecule has 2 aromatic carbocycles. The molecular formula is C24H24N6O3. The molecule has 9 nitrogen and oxygen atoms in total. The molecule has 9 heteroatoms. The summed E-state index contributed by atoms with van der Waals surface area (Å²) < 4.78 is 1.86. The molecule has 4 aromatic rings. The number of imidazole rings is 1. The number of likely N-dealkylation sites (N-methyl/N-ethyl adjacent to an activating group) is 1. The van der Waals surface area contributed by atoms with Crippen LogP contribution in [0, 0.1) is 0 Å². The van der Waals surface area contributed by atoms with Gasteiger partial charge in [-0.1, -0.05) is 12.1 Å². The smallest absolute Gasteiger partial charge is 0.335 e. The molecule has 0 bridgehead atoms. The Bertz CT molecular complexity index is 1280. The van der Waals surface area contributed by atoms with Crippen LogP contribution < -0.4 is 10.6 Å². The summed E-state index contributed by atoms with van der Waals surface area (Å²) in [5.41, 5.74) is 3.67. The largest absolute Gasteiger partial charge is 0.478 e. The first kappa shape index (κ1) is 22.0. The summed E-state index contributed by atoms with van der Waals surface area (Å²) in [6.07, 6.45) is 5.37. The molecule has 0 saturated carbocycles. The van der Waals surface area contributed by atoms with Gasteiger partial charge in [0.2, 0.25) is 0 Å². The van der Waals surface area contributed by atoms with Gasteiger partial charge in [0.1, 0.15) is 0 Å². The first-order valence-corrected chi connectivity index (χ1v) is 10.4. The highest BCUT2D eigenvalue weighted by molar-refractivity contribution is 5.94. The molecule has 2 aromatic heterocycles. The first-order chi connectivity index (χ1) is 15.9. The highest BCUT2D eigenvalue weighted by atomic mass is 16.4. The highest BCUT2D eigenvalue weighted by Crippen LogP contribution is 2.25. The lowest BCUT2D eigenvalue weighted by atomic mass is 10.1. The second-order valence-electron chi connectivity index (χ2n) is 7.78. The van der Waals surface area contributed by atoms with Gasteiger partial charge in [0, 0.05) is 48.5 Å². The van der Waals surface area contributed by atoms with Gasteiger partial charge in [-0.15, -0.1) is 0 Å². The van der Waals surface area contributed by atoms with Crippen molar-refractivity contribution in [2.45, 2.75) is 0 Å². The van der Waals surface area contributed by atoms with Crippen LogP contribution in [0.5, 0.6) is 0 Å². The van der Waals surface area contributed by atoms with E-state index in [4.69, 9.17) is 10.1 Å². The third kappa shape index (κ3) is 5.16. The lowest BCUT2D eigenvalue weighted by Gasteiger charge is -2.12. The fourth-order valence-corrected chi connectivity index (χ4v) is 3.27. The van der Waals surface area contributed by atoms with Crippen molar-refractivity contribution in [2.75, 3.05) is 32.5 Å². The molecule has 0 atom stereocenters. The van der Waals surface area contributed by atoms with E-state index in [9.17, 15) is 9.59 Å². The van der Waals surface area contributed by atoms with Crippen LogP contribution in [-0.2, 0) is 0 Å². The fourth-order valence-electron chi connectivity index (χ4n) is 3.27. The van der Waals surface area contributed by atoms with Crippen molar-refractivity contribution < 1.29 is 14.7 Å². The summed E-state index contributed by atoms with van der Waals surface area (Å²) in [4.78, 5) is 34.5. The summed E-state index contributed by atoms with van der Waals surface area (Å²) in [5, 5.41) is 15.2. The highest BCUT2D eigenvalue weighted by Gasteiger charge is 2.12. The van der Waals surface area contributed by atoms with Crippen molar-refractivity contribution >= 4 is 29.0 Å². The molecule has 0 fully saturated rings. The van der Waals surface area contributed by atoms with E-state index in [0.717, 1.165) is 12.1 Å². The third-order valence-corrected chi connectivity index (χ3v) is 5.06. The van der Waals surface area contributed by atoms with Gasteiger partial charge >= 0.3 is 5.97 Å². The number of fused-ring (bicyclic) bond motifs is 1. The zero-order valence-electron chi connectivity index (χ0n) is 18.3. The van der Waals surface area contributed by atoms with Crippen molar-refractivity contribution in [3.05, 3.63) is 78.2 Å².